The largest absolute Gasteiger partial charge is 0.494 e. The Hall–Kier alpha value is -2.86. The van der Waals surface area contributed by atoms with E-state index in [1.165, 1.54) is 0 Å². The molecule has 3 N–H and O–H groups in total. The van der Waals surface area contributed by atoms with Crippen LogP contribution >= 0.6 is 0 Å². The molecule has 0 radical (unpaired) electrons. The maximum atomic E-state index is 12.4. The molecule has 0 saturated carbocycles. The van der Waals surface area contributed by atoms with Crippen molar-refractivity contribution in [2.24, 2.45) is 5.92 Å². The van der Waals surface area contributed by atoms with Crippen LogP contribution in [-0.4, -0.2) is 31.5 Å². The van der Waals surface area contributed by atoms with Gasteiger partial charge < -0.3 is 20.7 Å². The molecule has 148 valence electrons. The van der Waals surface area contributed by atoms with Crippen molar-refractivity contribution in [1.82, 2.24) is 5.32 Å². The van der Waals surface area contributed by atoms with Gasteiger partial charge in [-0.05, 0) is 87.3 Å². The maximum Gasteiger partial charge on any atom is 0.255 e. The molecule has 6 nitrogen and oxygen atoms in total. The van der Waals surface area contributed by atoms with Crippen LogP contribution in [0.3, 0.4) is 0 Å². The molecule has 3 rings (SSSR count). The average Bonchev–Trinajstić information content (AvgIpc) is 3.22. The van der Waals surface area contributed by atoms with Crippen molar-refractivity contribution in [3.8, 4) is 5.75 Å². The van der Waals surface area contributed by atoms with Gasteiger partial charge in [-0.25, -0.2) is 0 Å². The highest BCUT2D eigenvalue weighted by Crippen LogP contribution is 2.18. The lowest BCUT2D eigenvalue weighted by atomic mass is 10.0. The number of hydrogen-bond acceptors (Lipinski definition) is 4. The van der Waals surface area contributed by atoms with Crippen LogP contribution in [-0.2, 0) is 4.79 Å². The molecule has 0 bridgehead atoms. The fraction of sp³-hybridized carbons (Fsp3) is 0.364. The third kappa shape index (κ3) is 5.82. The van der Waals surface area contributed by atoms with Gasteiger partial charge in [0.1, 0.15) is 5.75 Å². The molecule has 2 aromatic rings. The molecule has 28 heavy (non-hydrogen) atoms. The summed E-state index contributed by atoms with van der Waals surface area (Å²) < 4.78 is 5.39. The van der Waals surface area contributed by atoms with Crippen LogP contribution in [0.15, 0.2) is 48.5 Å². The molecule has 6 heteroatoms. The average molecular weight is 381 g/mol. The molecule has 1 fully saturated rings. The number of anilines is 2. The monoisotopic (exact) mass is 381 g/mol. The summed E-state index contributed by atoms with van der Waals surface area (Å²) in [5, 5.41) is 9.06. The Labute approximate surface area is 165 Å². The summed E-state index contributed by atoms with van der Waals surface area (Å²) in [4.78, 5) is 24.5. The summed E-state index contributed by atoms with van der Waals surface area (Å²) in [6, 6.07) is 14.2. The molecule has 2 amide bonds. The molecule has 0 spiro atoms. The number of rotatable bonds is 8. The first-order valence-electron chi connectivity index (χ1n) is 9.79. The predicted molar refractivity (Wildman–Crippen MR) is 111 cm³/mol. The minimum atomic E-state index is -0.198. The van der Waals surface area contributed by atoms with E-state index in [9.17, 15) is 9.59 Å². The first-order chi connectivity index (χ1) is 13.6. The van der Waals surface area contributed by atoms with Gasteiger partial charge in [-0.2, -0.15) is 0 Å². The number of amides is 2. The second-order valence-electron chi connectivity index (χ2n) is 6.93. The SMILES string of the molecule is CCOc1ccc(NC(=O)c2ccc(NC(=O)CCC3CCNC3)cc2)cc1. The summed E-state index contributed by atoms with van der Waals surface area (Å²) in [7, 11) is 0. The minimum Gasteiger partial charge on any atom is -0.494 e. The number of carbonyl (C=O) groups excluding carboxylic acids is 2. The number of hydrogen-bond donors (Lipinski definition) is 3. The summed E-state index contributed by atoms with van der Waals surface area (Å²) in [5.41, 5.74) is 1.93. The minimum absolute atomic E-state index is 0.0125. The smallest absolute Gasteiger partial charge is 0.255 e. The molecular weight excluding hydrogens is 354 g/mol. The quantitative estimate of drug-likeness (QED) is 0.652. The van der Waals surface area contributed by atoms with Crippen molar-refractivity contribution >= 4 is 23.2 Å². The van der Waals surface area contributed by atoms with E-state index < -0.39 is 0 Å². The van der Waals surface area contributed by atoms with Crippen molar-refractivity contribution in [1.29, 1.82) is 0 Å². The van der Waals surface area contributed by atoms with Gasteiger partial charge in [0, 0.05) is 23.4 Å². The number of ether oxygens (including phenoxy) is 1. The predicted octanol–water partition coefficient (Wildman–Crippen LogP) is 3.67. The Balaban J connectivity index is 1.48. The van der Waals surface area contributed by atoms with Crippen LogP contribution in [0, 0.1) is 5.92 Å². The molecule has 1 unspecified atom stereocenters. The van der Waals surface area contributed by atoms with E-state index in [0.717, 1.165) is 31.7 Å². The van der Waals surface area contributed by atoms with Gasteiger partial charge in [0.05, 0.1) is 6.61 Å². The van der Waals surface area contributed by atoms with Crippen LogP contribution < -0.4 is 20.7 Å². The zero-order chi connectivity index (χ0) is 19.8. The lowest BCUT2D eigenvalue weighted by Crippen LogP contribution is -2.15. The molecular formula is C22H27N3O3. The summed E-state index contributed by atoms with van der Waals surface area (Å²) >= 11 is 0. The molecule has 1 aliphatic rings. The Bertz CT molecular complexity index is 782. The van der Waals surface area contributed by atoms with Crippen LogP contribution in [0.5, 0.6) is 5.75 Å². The highest BCUT2D eigenvalue weighted by atomic mass is 16.5. The second-order valence-corrected chi connectivity index (χ2v) is 6.93. The van der Waals surface area contributed by atoms with Gasteiger partial charge in [0.2, 0.25) is 5.91 Å². The second kappa shape index (κ2) is 9.90. The van der Waals surface area contributed by atoms with Gasteiger partial charge in [0.15, 0.2) is 0 Å². The van der Waals surface area contributed by atoms with Crippen molar-refractivity contribution in [3.05, 3.63) is 54.1 Å². The normalized spacial score (nSPS) is 15.8. The topological polar surface area (TPSA) is 79.5 Å². The van der Waals surface area contributed by atoms with E-state index in [2.05, 4.69) is 16.0 Å². The number of benzene rings is 2. The van der Waals surface area contributed by atoms with Crippen molar-refractivity contribution in [2.45, 2.75) is 26.2 Å². The van der Waals surface area contributed by atoms with E-state index in [0.29, 0.717) is 35.9 Å². The van der Waals surface area contributed by atoms with Gasteiger partial charge in [-0.1, -0.05) is 0 Å². The summed E-state index contributed by atoms with van der Waals surface area (Å²) in [5.74, 6) is 1.18. The standard InChI is InChI=1S/C22H27N3O3/c1-2-28-20-10-8-19(9-11-20)25-22(27)17-4-6-18(7-5-17)24-21(26)12-3-16-13-14-23-15-16/h4-11,16,23H,2-3,12-15H2,1H3,(H,24,26)(H,25,27). The fourth-order valence-corrected chi connectivity index (χ4v) is 3.23. The molecule has 1 heterocycles. The first-order valence-corrected chi connectivity index (χ1v) is 9.79. The van der Waals surface area contributed by atoms with E-state index >= 15 is 0 Å². The summed E-state index contributed by atoms with van der Waals surface area (Å²) in [6.07, 6.45) is 2.57. The molecule has 0 aromatic heterocycles. The molecule has 0 aliphatic carbocycles. The van der Waals surface area contributed by atoms with Crippen molar-refractivity contribution in [3.63, 3.8) is 0 Å². The number of nitrogens with one attached hydrogen (secondary N) is 3. The van der Waals surface area contributed by atoms with E-state index in [1.807, 2.05) is 19.1 Å². The zero-order valence-electron chi connectivity index (χ0n) is 16.2. The lowest BCUT2D eigenvalue weighted by molar-refractivity contribution is -0.116. The fourth-order valence-electron chi connectivity index (χ4n) is 3.23. The molecule has 1 saturated heterocycles. The Morgan fingerprint density at radius 1 is 1.04 bits per heavy atom. The van der Waals surface area contributed by atoms with Crippen LogP contribution in [0.25, 0.3) is 0 Å². The Morgan fingerprint density at radius 2 is 1.71 bits per heavy atom. The van der Waals surface area contributed by atoms with Crippen molar-refractivity contribution in [2.75, 3.05) is 30.3 Å². The molecule has 1 aliphatic heterocycles. The summed E-state index contributed by atoms with van der Waals surface area (Å²) in [6.45, 7) is 4.58. The van der Waals surface area contributed by atoms with Gasteiger partial charge in [0.25, 0.3) is 5.91 Å². The van der Waals surface area contributed by atoms with Crippen LogP contribution in [0.1, 0.15) is 36.5 Å². The third-order valence-electron chi connectivity index (χ3n) is 4.80. The van der Waals surface area contributed by atoms with Gasteiger partial charge in [-0.3, -0.25) is 9.59 Å². The Morgan fingerprint density at radius 3 is 2.36 bits per heavy atom. The van der Waals surface area contributed by atoms with E-state index in [1.54, 1.807) is 36.4 Å². The van der Waals surface area contributed by atoms with Crippen molar-refractivity contribution < 1.29 is 14.3 Å². The van der Waals surface area contributed by atoms with Gasteiger partial charge in [-0.15, -0.1) is 0 Å². The van der Waals surface area contributed by atoms with Crippen LogP contribution in [0.2, 0.25) is 0 Å². The van der Waals surface area contributed by atoms with E-state index in [-0.39, 0.29) is 11.8 Å². The maximum absolute atomic E-state index is 12.4. The zero-order valence-corrected chi connectivity index (χ0v) is 16.2. The molecule has 2 aromatic carbocycles. The van der Waals surface area contributed by atoms with Crippen LogP contribution in [0.4, 0.5) is 11.4 Å². The highest BCUT2D eigenvalue weighted by molar-refractivity contribution is 6.04. The molecule has 1 atom stereocenters. The highest BCUT2D eigenvalue weighted by Gasteiger charge is 2.15. The van der Waals surface area contributed by atoms with Gasteiger partial charge >= 0.3 is 0 Å². The van der Waals surface area contributed by atoms with E-state index in [4.69, 9.17) is 4.74 Å². The lowest BCUT2D eigenvalue weighted by Gasteiger charge is -2.10. The number of carbonyl (C=O) groups is 2. The third-order valence-corrected chi connectivity index (χ3v) is 4.80. The Kier molecular flexibility index (Phi) is 7.03. The first kappa shape index (κ1) is 19.9.